The lowest BCUT2D eigenvalue weighted by atomic mass is 9.98. The van der Waals surface area contributed by atoms with Gasteiger partial charge in [-0.1, -0.05) is 18.2 Å². The molecule has 1 aromatic rings. The minimum atomic E-state index is -4.89. The predicted octanol–water partition coefficient (Wildman–Crippen LogP) is 4.30. The molecule has 144 valence electrons. The Balaban J connectivity index is 0.00000312. The van der Waals surface area contributed by atoms with Gasteiger partial charge in [0.1, 0.15) is 5.75 Å². The van der Waals surface area contributed by atoms with Crippen LogP contribution in [0.5, 0.6) is 5.75 Å². The summed E-state index contributed by atoms with van der Waals surface area (Å²) in [5, 5.41) is 3.07. The zero-order chi connectivity index (χ0) is 17.8. The Bertz CT molecular complexity index is 531. The molecule has 1 aliphatic rings. The summed E-state index contributed by atoms with van der Waals surface area (Å²) in [5.74, 6) is -0.448. The predicted molar refractivity (Wildman–Crippen MR) is 82.8 cm³/mol. The van der Waals surface area contributed by atoms with Crippen molar-refractivity contribution in [2.75, 3.05) is 26.2 Å². The molecule has 0 spiro atoms. The first-order valence-corrected chi connectivity index (χ1v) is 7.52. The van der Waals surface area contributed by atoms with Gasteiger partial charge in [-0.25, -0.2) is 0 Å². The molecule has 0 aromatic heterocycles. The molecular weight excluding hydrogens is 374 g/mol. The fourth-order valence-corrected chi connectivity index (χ4v) is 2.80. The minimum absolute atomic E-state index is 0. The summed E-state index contributed by atoms with van der Waals surface area (Å²) >= 11 is 0. The zero-order valence-corrected chi connectivity index (χ0v) is 14.0. The number of rotatable bonds is 5. The van der Waals surface area contributed by atoms with E-state index in [1.54, 1.807) is 4.90 Å². The Morgan fingerprint density at radius 2 is 1.64 bits per heavy atom. The van der Waals surface area contributed by atoms with Crippen LogP contribution in [0.4, 0.5) is 26.3 Å². The molecule has 1 N–H and O–H groups in total. The summed E-state index contributed by atoms with van der Waals surface area (Å²) in [7, 11) is 0. The lowest BCUT2D eigenvalue weighted by Crippen LogP contribution is -2.45. The lowest BCUT2D eigenvalue weighted by Gasteiger charge is -2.36. The third-order valence-corrected chi connectivity index (χ3v) is 3.80. The topological polar surface area (TPSA) is 24.5 Å². The van der Waals surface area contributed by atoms with Crippen LogP contribution in [-0.4, -0.2) is 43.6 Å². The van der Waals surface area contributed by atoms with E-state index in [0.717, 1.165) is 6.07 Å². The van der Waals surface area contributed by atoms with E-state index >= 15 is 0 Å². The Hall–Kier alpha value is -1.19. The van der Waals surface area contributed by atoms with Crippen molar-refractivity contribution in [2.24, 2.45) is 0 Å². The van der Waals surface area contributed by atoms with Gasteiger partial charge in [-0.15, -0.1) is 25.6 Å². The number of alkyl halides is 6. The smallest absolute Gasteiger partial charge is 0.405 e. The number of nitrogens with zero attached hydrogens (tertiary/aromatic N) is 1. The summed E-state index contributed by atoms with van der Waals surface area (Å²) in [6, 6.07) is 4.60. The summed E-state index contributed by atoms with van der Waals surface area (Å²) in [6.45, 7) is 2.07. The Morgan fingerprint density at radius 1 is 1.04 bits per heavy atom. The molecular formula is C15H19ClF6N2O. The SMILES string of the molecule is Cl.FC(F)(F)CC[C@@H](c1ccccc1OC(F)(F)F)N1CCNCC1. The van der Waals surface area contributed by atoms with Crippen molar-refractivity contribution in [2.45, 2.75) is 31.4 Å². The fourth-order valence-electron chi connectivity index (χ4n) is 2.80. The highest BCUT2D eigenvalue weighted by atomic mass is 35.5. The number of para-hydroxylation sites is 1. The van der Waals surface area contributed by atoms with Crippen molar-refractivity contribution in [3.05, 3.63) is 29.8 Å². The molecule has 2 rings (SSSR count). The van der Waals surface area contributed by atoms with Gasteiger partial charge in [-0.05, 0) is 12.5 Å². The van der Waals surface area contributed by atoms with Crippen LogP contribution in [0.15, 0.2) is 24.3 Å². The second kappa shape index (κ2) is 8.95. The first-order chi connectivity index (χ1) is 11.2. The second-order valence-corrected chi connectivity index (χ2v) is 5.54. The summed E-state index contributed by atoms with van der Waals surface area (Å²) < 4.78 is 79.6. The number of halogens is 7. The van der Waals surface area contributed by atoms with Gasteiger partial charge in [0.2, 0.25) is 0 Å². The Morgan fingerprint density at radius 3 is 2.20 bits per heavy atom. The summed E-state index contributed by atoms with van der Waals surface area (Å²) in [6.07, 6.45) is -10.6. The molecule has 1 atom stereocenters. The maximum atomic E-state index is 12.6. The average Bonchev–Trinajstić information content (AvgIpc) is 2.47. The molecule has 25 heavy (non-hydrogen) atoms. The molecule has 3 nitrogen and oxygen atoms in total. The molecule has 1 heterocycles. The van der Waals surface area contributed by atoms with Crippen LogP contribution in [0.25, 0.3) is 0 Å². The number of hydrogen-bond acceptors (Lipinski definition) is 3. The average molecular weight is 393 g/mol. The van der Waals surface area contributed by atoms with Crippen LogP contribution >= 0.6 is 12.4 Å². The van der Waals surface area contributed by atoms with E-state index < -0.39 is 30.8 Å². The molecule has 0 unspecified atom stereocenters. The van der Waals surface area contributed by atoms with Crippen molar-refractivity contribution in [1.82, 2.24) is 10.2 Å². The van der Waals surface area contributed by atoms with Crippen LogP contribution in [-0.2, 0) is 0 Å². The van der Waals surface area contributed by atoms with Gasteiger partial charge in [-0.2, -0.15) is 13.2 Å². The quantitative estimate of drug-likeness (QED) is 0.756. The fraction of sp³-hybridized carbons (Fsp3) is 0.600. The molecule has 0 bridgehead atoms. The largest absolute Gasteiger partial charge is 0.573 e. The summed E-state index contributed by atoms with van der Waals surface area (Å²) in [5.41, 5.74) is 0.126. The number of benzene rings is 1. The lowest BCUT2D eigenvalue weighted by molar-refractivity contribution is -0.275. The standard InChI is InChI=1S/C15H18F6N2O.ClH/c16-14(17,18)6-5-12(23-9-7-22-8-10-23)11-3-1-2-4-13(11)24-15(19,20)21;/h1-4,12,22H,5-10H2;1H/t12-;/m0./s1. The van der Waals surface area contributed by atoms with E-state index in [-0.39, 0.29) is 24.4 Å². The van der Waals surface area contributed by atoms with E-state index in [4.69, 9.17) is 0 Å². The van der Waals surface area contributed by atoms with Crippen LogP contribution in [0.3, 0.4) is 0 Å². The number of nitrogens with one attached hydrogen (secondary N) is 1. The van der Waals surface area contributed by atoms with Gasteiger partial charge >= 0.3 is 12.5 Å². The van der Waals surface area contributed by atoms with Crippen molar-refractivity contribution in [3.8, 4) is 5.75 Å². The Labute approximate surface area is 147 Å². The molecule has 0 aliphatic carbocycles. The van der Waals surface area contributed by atoms with E-state index in [2.05, 4.69) is 10.1 Å². The number of ether oxygens (including phenoxy) is 1. The normalized spacial score (nSPS) is 17.7. The van der Waals surface area contributed by atoms with E-state index in [0.29, 0.717) is 26.2 Å². The molecule has 0 amide bonds. The number of piperazine rings is 1. The van der Waals surface area contributed by atoms with Crippen molar-refractivity contribution < 1.29 is 31.1 Å². The van der Waals surface area contributed by atoms with Crippen molar-refractivity contribution in [1.29, 1.82) is 0 Å². The maximum absolute atomic E-state index is 12.6. The zero-order valence-electron chi connectivity index (χ0n) is 13.2. The molecule has 10 heteroatoms. The molecule has 1 saturated heterocycles. The van der Waals surface area contributed by atoms with Crippen molar-refractivity contribution in [3.63, 3.8) is 0 Å². The first kappa shape index (κ1) is 21.9. The number of hydrogen-bond donors (Lipinski definition) is 1. The monoisotopic (exact) mass is 392 g/mol. The second-order valence-electron chi connectivity index (χ2n) is 5.54. The van der Waals surface area contributed by atoms with Gasteiger partial charge in [0.15, 0.2) is 0 Å². The van der Waals surface area contributed by atoms with Gasteiger partial charge in [0.25, 0.3) is 0 Å². The van der Waals surface area contributed by atoms with E-state index in [9.17, 15) is 26.3 Å². The first-order valence-electron chi connectivity index (χ1n) is 7.52. The summed E-state index contributed by atoms with van der Waals surface area (Å²) in [4.78, 5) is 1.76. The van der Waals surface area contributed by atoms with Gasteiger partial charge < -0.3 is 10.1 Å². The highest BCUT2D eigenvalue weighted by Gasteiger charge is 2.35. The molecule has 1 fully saturated rings. The third kappa shape index (κ3) is 7.29. The molecule has 1 aliphatic heterocycles. The van der Waals surface area contributed by atoms with Crippen LogP contribution in [0.1, 0.15) is 24.4 Å². The maximum Gasteiger partial charge on any atom is 0.573 e. The Kier molecular flexibility index (Phi) is 7.83. The van der Waals surface area contributed by atoms with Crippen LogP contribution in [0.2, 0.25) is 0 Å². The van der Waals surface area contributed by atoms with Gasteiger partial charge in [0, 0.05) is 44.2 Å². The molecule has 0 saturated carbocycles. The highest BCUT2D eigenvalue weighted by molar-refractivity contribution is 5.85. The van der Waals surface area contributed by atoms with E-state index in [1.165, 1.54) is 18.2 Å². The third-order valence-electron chi connectivity index (χ3n) is 3.80. The van der Waals surface area contributed by atoms with Crippen LogP contribution < -0.4 is 10.1 Å². The van der Waals surface area contributed by atoms with E-state index in [1.807, 2.05) is 0 Å². The highest BCUT2D eigenvalue weighted by Crippen LogP contribution is 2.37. The molecule has 1 aromatic carbocycles. The minimum Gasteiger partial charge on any atom is -0.405 e. The van der Waals surface area contributed by atoms with Crippen LogP contribution in [0, 0.1) is 0 Å². The van der Waals surface area contributed by atoms with Crippen molar-refractivity contribution >= 4 is 12.4 Å². The van der Waals surface area contributed by atoms with Gasteiger partial charge in [0.05, 0.1) is 0 Å². The van der Waals surface area contributed by atoms with Gasteiger partial charge in [-0.3, -0.25) is 4.90 Å². The molecule has 0 radical (unpaired) electrons.